The molecule has 0 amide bonds. The summed E-state index contributed by atoms with van der Waals surface area (Å²) in [5.41, 5.74) is 1.05. The quantitative estimate of drug-likeness (QED) is 0.906. The molecule has 0 radical (unpaired) electrons. The van der Waals surface area contributed by atoms with E-state index in [0.717, 1.165) is 17.1 Å². The first-order valence-electron chi connectivity index (χ1n) is 5.63. The first-order valence-corrected chi connectivity index (χ1v) is 6.44. The van der Waals surface area contributed by atoms with Crippen molar-refractivity contribution in [1.82, 2.24) is 15.2 Å². The summed E-state index contributed by atoms with van der Waals surface area (Å²) in [4.78, 5) is 5.72. The largest absolute Gasteiger partial charge is 0.408 e. The molecule has 1 atom stereocenters. The molecule has 0 saturated heterocycles. The van der Waals surface area contributed by atoms with E-state index in [1.165, 1.54) is 4.88 Å². The summed E-state index contributed by atoms with van der Waals surface area (Å²) in [6.07, 6.45) is 0.748. The minimum atomic E-state index is 0.0742. The second-order valence-corrected chi connectivity index (χ2v) is 5.30. The van der Waals surface area contributed by atoms with E-state index in [9.17, 15) is 0 Å². The molecule has 5 nitrogen and oxygen atoms in total. The number of aryl methyl sites for hydroxylation is 3. The smallest absolute Gasteiger partial charge is 0.315 e. The molecule has 0 aliphatic heterocycles. The second kappa shape index (κ2) is 4.83. The molecule has 6 heteroatoms. The molecule has 0 aliphatic rings. The van der Waals surface area contributed by atoms with Crippen molar-refractivity contribution in [2.75, 3.05) is 5.32 Å². The van der Waals surface area contributed by atoms with Gasteiger partial charge in [0.05, 0.1) is 16.7 Å². The fourth-order valence-electron chi connectivity index (χ4n) is 1.66. The number of hydrogen-bond acceptors (Lipinski definition) is 6. The van der Waals surface area contributed by atoms with E-state index in [0.29, 0.717) is 11.9 Å². The SMILES string of the molecule is CCc1nnc(N[C@@H](C)c2nc(C)sc2C)o1. The fraction of sp³-hybridized carbons (Fsp3) is 0.545. The van der Waals surface area contributed by atoms with E-state index in [1.807, 2.05) is 20.8 Å². The van der Waals surface area contributed by atoms with Gasteiger partial charge in [0.1, 0.15) is 0 Å². The van der Waals surface area contributed by atoms with Gasteiger partial charge in [0.25, 0.3) is 0 Å². The molecule has 0 aliphatic carbocycles. The average Bonchev–Trinajstić information content (AvgIpc) is 2.85. The van der Waals surface area contributed by atoms with Gasteiger partial charge in [-0.25, -0.2) is 4.98 Å². The van der Waals surface area contributed by atoms with E-state index in [1.54, 1.807) is 11.3 Å². The highest BCUT2D eigenvalue weighted by Gasteiger charge is 2.15. The zero-order chi connectivity index (χ0) is 12.4. The third-order valence-electron chi connectivity index (χ3n) is 2.46. The van der Waals surface area contributed by atoms with Crippen LogP contribution in [0.4, 0.5) is 6.01 Å². The van der Waals surface area contributed by atoms with E-state index in [-0.39, 0.29) is 6.04 Å². The molecule has 2 aromatic rings. The topological polar surface area (TPSA) is 63.8 Å². The Labute approximate surface area is 104 Å². The molecular weight excluding hydrogens is 236 g/mol. The van der Waals surface area contributed by atoms with Gasteiger partial charge in [-0.15, -0.1) is 16.4 Å². The van der Waals surface area contributed by atoms with Crippen LogP contribution < -0.4 is 5.32 Å². The van der Waals surface area contributed by atoms with Crippen LogP contribution in [0.5, 0.6) is 0 Å². The Morgan fingerprint density at radius 2 is 2.12 bits per heavy atom. The van der Waals surface area contributed by atoms with Crippen LogP contribution in [0.1, 0.15) is 41.4 Å². The van der Waals surface area contributed by atoms with E-state index < -0.39 is 0 Å². The Morgan fingerprint density at radius 3 is 2.65 bits per heavy atom. The predicted molar refractivity (Wildman–Crippen MR) is 67.3 cm³/mol. The Bertz CT molecular complexity index is 505. The molecule has 2 aromatic heterocycles. The summed E-state index contributed by atoms with van der Waals surface area (Å²) in [6.45, 7) is 8.10. The van der Waals surface area contributed by atoms with Crippen molar-refractivity contribution in [3.63, 3.8) is 0 Å². The number of nitrogens with one attached hydrogen (secondary N) is 1. The molecule has 2 heterocycles. The lowest BCUT2D eigenvalue weighted by molar-refractivity contribution is 0.506. The van der Waals surface area contributed by atoms with Crippen molar-refractivity contribution in [2.24, 2.45) is 0 Å². The maximum atomic E-state index is 5.41. The molecule has 0 unspecified atom stereocenters. The van der Waals surface area contributed by atoms with Crippen LogP contribution in [0.2, 0.25) is 0 Å². The maximum Gasteiger partial charge on any atom is 0.315 e. The van der Waals surface area contributed by atoms with Crippen molar-refractivity contribution in [3.05, 3.63) is 21.5 Å². The van der Waals surface area contributed by atoms with Crippen LogP contribution >= 0.6 is 11.3 Å². The van der Waals surface area contributed by atoms with Crippen LogP contribution in [-0.4, -0.2) is 15.2 Å². The van der Waals surface area contributed by atoms with Gasteiger partial charge in [-0.3, -0.25) is 0 Å². The number of anilines is 1. The summed E-state index contributed by atoms with van der Waals surface area (Å²) in [7, 11) is 0. The van der Waals surface area contributed by atoms with Crippen molar-refractivity contribution in [1.29, 1.82) is 0 Å². The van der Waals surface area contributed by atoms with Crippen LogP contribution in [0.15, 0.2) is 4.42 Å². The molecule has 0 fully saturated rings. The van der Waals surface area contributed by atoms with E-state index >= 15 is 0 Å². The Kier molecular flexibility index (Phi) is 3.42. The molecule has 0 saturated carbocycles. The summed E-state index contributed by atoms with van der Waals surface area (Å²) >= 11 is 1.70. The lowest BCUT2D eigenvalue weighted by atomic mass is 10.2. The van der Waals surface area contributed by atoms with Crippen molar-refractivity contribution >= 4 is 17.4 Å². The molecule has 92 valence electrons. The van der Waals surface area contributed by atoms with Gasteiger partial charge in [0.15, 0.2) is 0 Å². The lowest BCUT2D eigenvalue weighted by Gasteiger charge is -2.09. The number of thiazole rings is 1. The normalized spacial score (nSPS) is 12.7. The average molecular weight is 252 g/mol. The zero-order valence-electron chi connectivity index (χ0n) is 10.4. The predicted octanol–water partition coefficient (Wildman–Crippen LogP) is 2.88. The van der Waals surface area contributed by atoms with Crippen LogP contribution in [0, 0.1) is 13.8 Å². The molecule has 1 N–H and O–H groups in total. The van der Waals surface area contributed by atoms with Gasteiger partial charge >= 0.3 is 6.01 Å². The van der Waals surface area contributed by atoms with Gasteiger partial charge < -0.3 is 9.73 Å². The first-order chi connectivity index (χ1) is 8.10. The second-order valence-electron chi connectivity index (χ2n) is 3.89. The fourth-order valence-corrected chi connectivity index (χ4v) is 2.57. The summed E-state index contributed by atoms with van der Waals surface area (Å²) < 4.78 is 5.41. The van der Waals surface area contributed by atoms with Gasteiger partial charge in [-0.05, 0) is 20.8 Å². The Hall–Kier alpha value is -1.43. The Balaban J connectivity index is 2.11. The number of rotatable bonds is 4. The van der Waals surface area contributed by atoms with Crippen LogP contribution in [0.25, 0.3) is 0 Å². The molecule has 0 spiro atoms. The van der Waals surface area contributed by atoms with Gasteiger partial charge in [0, 0.05) is 11.3 Å². The standard InChI is InChI=1S/C11H16N4OS/c1-5-9-14-15-11(16-9)12-6(2)10-7(3)17-8(4)13-10/h6H,5H2,1-4H3,(H,12,15)/t6-/m0/s1. The van der Waals surface area contributed by atoms with Gasteiger partial charge in [-0.2, -0.15) is 0 Å². The lowest BCUT2D eigenvalue weighted by Crippen LogP contribution is -2.08. The molecular formula is C11H16N4OS. The zero-order valence-corrected chi connectivity index (χ0v) is 11.3. The summed E-state index contributed by atoms with van der Waals surface area (Å²) in [5, 5.41) is 12.1. The van der Waals surface area contributed by atoms with Crippen molar-refractivity contribution in [3.8, 4) is 0 Å². The monoisotopic (exact) mass is 252 g/mol. The molecule has 0 bridgehead atoms. The highest BCUT2D eigenvalue weighted by Crippen LogP contribution is 2.25. The Morgan fingerprint density at radius 1 is 1.35 bits per heavy atom. The minimum absolute atomic E-state index is 0.0742. The van der Waals surface area contributed by atoms with Gasteiger partial charge in [-0.1, -0.05) is 12.0 Å². The third kappa shape index (κ3) is 2.63. The molecule has 0 aromatic carbocycles. The maximum absolute atomic E-state index is 5.41. The van der Waals surface area contributed by atoms with Crippen LogP contribution in [0.3, 0.4) is 0 Å². The number of aromatic nitrogens is 3. The van der Waals surface area contributed by atoms with Gasteiger partial charge in [0.2, 0.25) is 5.89 Å². The minimum Gasteiger partial charge on any atom is -0.408 e. The number of hydrogen-bond donors (Lipinski definition) is 1. The van der Waals surface area contributed by atoms with Crippen molar-refractivity contribution < 1.29 is 4.42 Å². The first kappa shape index (κ1) is 12.0. The molecule has 2 rings (SSSR count). The third-order valence-corrected chi connectivity index (χ3v) is 3.36. The molecule has 17 heavy (non-hydrogen) atoms. The highest BCUT2D eigenvalue weighted by molar-refractivity contribution is 7.11. The highest BCUT2D eigenvalue weighted by atomic mass is 32.1. The summed E-state index contributed by atoms with van der Waals surface area (Å²) in [6, 6.07) is 0.532. The van der Waals surface area contributed by atoms with Crippen molar-refractivity contribution in [2.45, 2.75) is 40.2 Å². The van der Waals surface area contributed by atoms with E-state index in [4.69, 9.17) is 4.42 Å². The number of nitrogens with zero attached hydrogens (tertiary/aromatic N) is 3. The summed E-state index contributed by atoms with van der Waals surface area (Å²) in [5.74, 6) is 0.644. The van der Waals surface area contributed by atoms with E-state index in [2.05, 4.69) is 27.4 Å². The van der Waals surface area contributed by atoms with Crippen LogP contribution in [-0.2, 0) is 6.42 Å².